The lowest BCUT2D eigenvalue weighted by molar-refractivity contribution is -0.137. The molecule has 0 bridgehead atoms. The second kappa shape index (κ2) is 4.61. The summed E-state index contributed by atoms with van der Waals surface area (Å²) in [5.74, 6) is -0.367. The molecule has 1 aliphatic rings. The van der Waals surface area contributed by atoms with Crippen LogP contribution in [0.15, 0.2) is 17.1 Å². The molecular formula is C13H12N2O2S2. The number of thiazole rings is 1. The Morgan fingerprint density at radius 3 is 2.89 bits per heavy atom. The molecule has 6 heteroatoms. The van der Waals surface area contributed by atoms with Gasteiger partial charge in [-0.2, -0.15) is 0 Å². The van der Waals surface area contributed by atoms with Crippen LogP contribution in [0.4, 0.5) is 0 Å². The third-order valence-electron chi connectivity index (χ3n) is 2.94. The van der Waals surface area contributed by atoms with Crippen molar-refractivity contribution in [3.63, 3.8) is 0 Å². The Morgan fingerprint density at radius 2 is 2.21 bits per heavy atom. The summed E-state index contributed by atoms with van der Waals surface area (Å²) in [6, 6.07) is 3.56. The van der Waals surface area contributed by atoms with Crippen molar-refractivity contribution in [2.24, 2.45) is 4.99 Å². The van der Waals surface area contributed by atoms with Gasteiger partial charge in [0.1, 0.15) is 10.1 Å². The van der Waals surface area contributed by atoms with Crippen molar-refractivity contribution in [2.75, 3.05) is 5.75 Å². The third kappa shape index (κ3) is 2.26. The van der Waals surface area contributed by atoms with Crippen LogP contribution >= 0.6 is 23.1 Å². The Hall–Kier alpha value is -1.40. The quantitative estimate of drug-likeness (QED) is 0.924. The van der Waals surface area contributed by atoms with E-state index in [2.05, 4.69) is 29.0 Å². The molecule has 98 valence electrons. The number of aryl methyl sites for hydroxylation is 2. The zero-order valence-electron chi connectivity index (χ0n) is 10.5. The van der Waals surface area contributed by atoms with Crippen molar-refractivity contribution >= 4 is 44.3 Å². The smallest absolute Gasteiger partial charge is 0.329 e. The van der Waals surface area contributed by atoms with E-state index >= 15 is 0 Å². The summed E-state index contributed by atoms with van der Waals surface area (Å²) in [4.78, 5) is 19.7. The number of carbonyl (C=O) groups is 1. The molecule has 2 heterocycles. The lowest BCUT2D eigenvalue weighted by atomic mass is 10.1. The first-order valence-corrected chi connectivity index (χ1v) is 7.66. The zero-order valence-corrected chi connectivity index (χ0v) is 12.1. The van der Waals surface area contributed by atoms with Gasteiger partial charge in [0, 0.05) is 5.75 Å². The summed E-state index contributed by atoms with van der Waals surface area (Å²) >= 11 is 3.06. The fourth-order valence-corrected chi connectivity index (χ4v) is 4.20. The first-order valence-electron chi connectivity index (χ1n) is 5.86. The maximum Gasteiger partial charge on any atom is 0.329 e. The van der Waals surface area contributed by atoms with Crippen molar-refractivity contribution < 1.29 is 9.90 Å². The second-order valence-corrected chi connectivity index (χ2v) is 6.56. The molecule has 0 fully saturated rings. The average Bonchev–Trinajstić information content (AvgIpc) is 2.92. The van der Waals surface area contributed by atoms with Crippen molar-refractivity contribution in [1.29, 1.82) is 0 Å². The number of benzene rings is 1. The molecule has 1 aliphatic heterocycles. The number of rotatable bonds is 2. The van der Waals surface area contributed by atoms with Crippen LogP contribution in [0.5, 0.6) is 0 Å². The predicted molar refractivity (Wildman–Crippen MR) is 79.5 cm³/mol. The first kappa shape index (κ1) is 12.6. The van der Waals surface area contributed by atoms with Crippen LogP contribution in [-0.2, 0) is 4.79 Å². The highest BCUT2D eigenvalue weighted by atomic mass is 32.2. The van der Waals surface area contributed by atoms with Gasteiger partial charge in [0.15, 0.2) is 6.04 Å². The number of hydrogen-bond acceptors (Lipinski definition) is 5. The van der Waals surface area contributed by atoms with Gasteiger partial charge in [-0.05, 0) is 31.0 Å². The van der Waals surface area contributed by atoms with Gasteiger partial charge in [0.25, 0.3) is 0 Å². The van der Waals surface area contributed by atoms with E-state index in [0.717, 1.165) is 20.3 Å². The van der Waals surface area contributed by atoms with Gasteiger partial charge in [-0.25, -0.2) is 9.78 Å². The van der Waals surface area contributed by atoms with E-state index in [1.165, 1.54) is 22.9 Å². The van der Waals surface area contributed by atoms with E-state index in [4.69, 9.17) is 5.11 Å². The molecule has 0 saturated heterocycles. The number of nitrogens with zero attached hydrogens (tertiary/aromatic N) is 2. The van der Waals surface area contributed by atoms with E-state index in [-0.39, 0.29) is 0 Å². The van der Waals surface area contributed by atoms with Crippen LogP contribution in [0.1, 0.15) is 16.1 Å². The van der Waals surface area contributed by atoms with Crippen LogP contribution in [0.25, 0.3) is 10.2 Å². The summed E-state index contributed by atoms with van der Waals surface area (Å²) in [6.45, 7) is 4.12. The number of carboxylic acids is 1. The van der Waals surface area contributed by atoms with Crippen LogP contribution in [0, 0.1) is 13.8 Å². The second-order valence-electron chi connectivity index (χ2n) is 4.55. The van der Waals surface area contributed by atoms with E-state index in [1.54, 1.807) is 11.3 Å². The van der Waals surface area contributed by atoms with Crippen LogP contribution in [0.2, 0.25) is 0 Å². The molecule has 1 unspecified atom stereocenters. The molecule has 0 spiro atoms. The zero-order chi connectivity index (χ0) is 13.6. The third-order valence-corrected chi connectivity index (χ3v) is 5.34. The van der Waals surface area contributed by atoms with Gasteiger partial charge in [-0.15, -0.1) is 23.1 Å². The van der Waals surface area contributed by atoms with Crippen molar-refractivity contribution in [2.45, 2.75) is 19.9 Å². The molecule has 3 rings (SSSR count). The monoisotopic (exact) mass is 292 g/mol. The van der Waals surface area contributed by atoms with Gasteiger partial charge in [-0.3, -0.25) is 4.99 Å². The number of aromatic nitrogens is 1. The lowest BCUT2D eigenvalue weighted by Crippen LogP contribution is -2.17. The van der Waals surface area contributed by atoms with Gasteiger partial charge >= 0.3 is 5.97 Å². The minimum absolute atomic E-state index is 0.499. The first-order chi connectivity index (χ1) is 9.04. The molecule has 0 radical (unpaired) electrons. The lowest BCUT2D eigenvalue weighted by Gasteiger charge is -1.95. The highest BCUT2D eigenvalue weighted by molar-refractivity contribution is 8.15. The Bertz CT molecular complexity index is 706. The minimum atomic E-state index is -0.865. The molecule has 0 saturated carbocycles. The van der Waals surface area contributed by atoms with E-state index in [9.17, 15) is 4.79 Å². The molecule has 4 nitrogen and oxygen atoms in total. The Labute approximate surface area is 118 Å². The van der Waals surface area contributed by atoms with Gasteiger partial charge in [0.2, 0.25) is 0 Å². The number of fused-ring (bicyclic) bond motifs is 1. The molecule has 1 atom stereocenters. The van der Waals surface area contributed by atoms with Gasteiger partial charge < -0.3 is 5.11 Å². The largest absolute Gasteiger partial charge is 0.480 e. The predicted octanol–water partition coefficient (Wildman–Crippen LogP) is 2.86. The molecule has 1 aromatic carbocycles. The Morgan fingerprint density at radius 1 is 1.42 bits per heavy atom. The van der Waals surface area contributed by atoms with Crippen LogP contribution in [0.3, 0.4) is 0 Å². The van der Waals surface area contributed by atoms with Gasteiger partial charge in [0.05, 0.1) is 10.2 Å². The number of aliphatic imine (C=N–C) groups is 1. The van der Waals surface area contributed by atoms with Gasteiger partial charge in [-0.1, -0.05) is 6.07 Å². The molecule has 19 heavy (non-hydrogen) atoms. The number of carboxylic acid groups (broad SMARTS) is 1. The normalized spacial score (nSPS) is 18.8. The highest BCUT2D eigenvalue weighted by Gasteiger charge is 2.26. The standard InChI is InChI=1S/C13H12N2O2S2/c1-6-3-7(2)10-8(4-6)14-12(19-10)11-15-9(5-18-11)13(16)17/h3-4,9H,5H2,1-2H3,(H,16,17). The van der Waals surface area contributed by atoms with E-state index in [0.29, 0.717) is 5.75 Å². The van der Waals surface area contributed by atoms with E-state index < -0.39 is 12.0 Å². The number of aliphatic carboxylic acids is 1. The summed E-state index contributed by atoms with van der Waals surface area (Å²) in [6.07, 6.45) is 0. The summed E-state index contributed by atoms with van der Waals surface area (Å²) < 4.78 is 1.16. The highest BCUT2D eigenvalue weighted by Crippen LogP contribution is 2.31. The molecular weight excluding hydrogens is 280 g/mol. The topological polar surface area (TPSA) is 62.5 Å². The summed E-state index contributed by atoms with van der Waals surface area (Å²) in [5, 5.41) is 10.5. The summed E-state index contributed by atoms with van der Waals surface area (Å²) in [5.41, 5.74) is 3.36. The molecule has 2 aromatic rings. The van der Waals surface area contributed by atoms with Crippen molar-refractivity contribution in [3.05, 3.63) is 28.3 Å². The van der Waals surface area contributed by atoms with Crippen LogP contribution < -0.4 is 0 Å². The van der Waals surface area contributed by atoms with E-state index in [1.807, 2.05) is 6.92 Å². The molecule has 1 N–H and O–H groups in total. The van der Waals surface area contributed by atoms with Crippen molar-refractivity contribution in [3.8, 4) is 0 Å². The number of thioether (sulfide) groups is 1. The summed E-state index contributed by atoms with van der Waals surface area (Å²) in [7, 11) is 0. The van der Waals surface area contributed by atoms with Crippen LogP contribution in [-0.4, -0.2) is 32.9 Å². The number of hydrogen-bond donors (Lipinski definition) is 1. The maximum absolute atomic E-state index is 10.9. The Balaban J connectivity index is 2.05. The fourth-order valence-electron chi connectivity index (χ4n) is 2.09. The minimum Gasteiger partial charge on any atom is -0.480 e. The fraction of sp³-hybridized carbons (Fsp3) is 0.308. The van der Waals surface area contributed by atoms with Crippen molar-refractivity contribution in [1.82, 2.24) is 4.98 Å². The maximum atomic E-state index is 10.9. The SMILES string of the molecule is Cc1cc(C)c2sc(C3=NC(C(=O)O)CS3)nc2c1. The molecule has 0 aliphatic carbocycles. The average molecular weight is 292 g/mol. The molecule has 1 aromatic heterocycles. The molecule has 0 amide bonds. The Kier molecular flexibility index (Phi) is 3.06.